The monoisotopic (exact) mass is 494 g/mol. The van der Waals surface area contributed by atoms with Crippen molar-refractivity contribution in [2.45, 2.75) is 24.9 Å². The number of nitrogens with one attached hydrogen (secondary N) is 4. The molecule has 35 heavy (non-hydrogen) atoms. The van der Waals surface area contributed by atoms with Gasteiger partial charge in [-0.25, -0.2) is 9.50 Å². The third kappa shape index (κ3) is 4.30. The number of hydrogen-bond donors (Lipinski definition) is 4. The van der Waals surface area contributed by atoms with Crippen LogP contribution in [-0.4, -0.2) is 88.4 Å². The first-order valence-electron chi connectivity index (χ1n) is 11.8. The number of aromatic nitrogens is 4. The second-order valence-electron chi connectivity index (χ2n) is 9.15. The minimum atomic E-state index is 0.339. The summed E-state index contributed by atoms with van der Waals surface area (Å²) in [6, 6.07) is 4.68. The van der Waals surface area contributed by atoms with Crippen molar-refractivity contribution in [3.8, 4) is 0 Å². The summed E-state index contributed by atoms with van der Waals surface area (Å²) in [5.74, 6) is 0.959. The molecule has 12 heteroatoms. The van der Waals surface area contributed by atoms with Crippen LogP contribution in [0.2, 0.25) is 5.02 Å². The van der Waals surface area contributed by atoms with Gasteiger partial charge in [0.1, 0.15) is 5.69 Å². The van der Waals surface area contributed by atoms with E-state index in [2.05, 4.69) is 35.5 Å². The summed E-state index contributed by atoms with van der Waals surface area (Å²) in [4.78, 5) is 13.8. The lowest BCUT2D eigenvalue weighted by atomic mass is 10.1. The first-order chi connectivity index (χ1) is 17.1. The summed E-state index contributed by atoms with van der Waals surface area (Å²) in [6.45, 7) is 5.24. The highest BCUT2D eigenvalue weighted by Gasteiger charge is 2.30. The molecule has 4 N–H and O–H groups in total. The molecule has 182 valence electrons. The Morgan fingerprint density at radius 1 is 1.09 bits per heavy atom. The van der Waals surface area contributed by atoms with E-state index in [1.807, 2.05) is 12.1 Å². The van der Waals surface area contributed by atoms with Crippen LogP contribution in [0.15, 0.2) is 18.3 Å². The van der Waals surface area contributed by atoms with E-state index >= 15 is 0 Å². The van der Waals surface area contributed by atoms with E-state index in [-0.39, 0.29) is 0 Å². The van der Waals surface area contributed by atoms with E-state index in [1.165, 1.54) is 12.4 Å². The van der Waals surface area contributed by atoms with Crippen molar-refractivity contribution in [2.24, 2.45) is 0 Å². The van der Waals surface area contributed by atoms with Crippen LogP contribution in [0.1, 0.15) is 24.1 Å². The third-order valence-electron chi connectivity index (χ3n) is 6.74. The van der Waals surface area contributed by atoms with Gasteiger partial charge in [0.2, 0.25) is 5.95 Å². The molecule has 0 amide bonds. The van der Waals surface area contributed by atoms with Crippen molar-refractivity contribution in [1.82, 2.24) is 24.5 Å². The maximum Gasteiger partial charge on any atom is 0.247 e. The molecule has 2 saturated heterocycles. The molecule has 0 spiro atoms. The standard InChI is InChI=1S/C23H27ClN10O/c24-20-18(7-14(9-25)8-19(20)33-5-3-32(4-6-33)17-12-35-13-17)29-23-30-21(28-15-1-2-15)22-27-11-16(10-26)34(22)31-23/h7-11,15,17,25-26H,1-6,12-13H2,(H2,28,29,30,31). The second kappa shape index (κ2) is 9.06. The molecule has 0 atom stereocenters. The Bertz CT molecular complexity index is 1280. The van der Waals surface area contributed by atoms with Crippen LogP contribution < -0.4 is 15.5 Å². The molecule has 1 aliphatic carbocycles. The predicted molar refractivity (Wildman–Crippen MR) is 136 cm³/mol. The molecule has 6 rings (SSSR count). The molecule has 1 saturated carbocycles. The fourth-order valence-electron chi connectivity index (χ4n) is 4.49. The van der Waals surface area contributed by atoms with Crippen molar-refractivity contribution >= 4 is 52.8 Å². The van der Waals surface area contributed by atoms with Crippen LogP contribution in [0.4, 0.5) is 23.1 Å². The van der Waals surface area contributed by atoms with Crippen molar-refractivity contribution in [2.75, 3.05) is 54.9 Å². The van der Waals surface area contributed by atoms with Gasteiger partial charge in [-0.1, -0.05) is 11.6 Å². The zero-order chi connectivity index (χ0) is 23.9. The average Bonchev–Trinajstić information content (AvgIpc) is 3.56. The number of ether oxygens (including phenoxy) is 1. The first-order valence-corrected chi connectivity index (χ1v) is 12.2. The second-order valence-corrected chi connectivity index (χ2v) is 9.53. The summed E-state index contributed by atoms with van der Waals surface area (Å²) < 4.78 is 6.95. The molecular formula is C23H27ClN10O. The van der Waals surface area contributed by atoms with Crippen molar-refractivity contribution in [3.63, 3.8) is 0 Å². The number of imidazole rings is 1. The molecule has 11 nitrogen and oxygen atoms in total. The fraction of sp³-hybridized carbons (Fsp3) is 0.435. The third-order valence-corrected chi connectivity index (χ3v) is 7.13. The number of nitrogens with zero attached hydrogens (tertiary/aromatic N) is 6. The van der Waals surface area contributed by atoms with Crippen LogP contribution in [0, 0.1) is 10.8 Å². The Hall–Kier alpha value is -3.28. The van der Waals surface area contributed by atoms with E-state index in [0.29, 0.717) is 45.9 Å². The Balaban J connectivity index is 1.31. The Labute approximate surface area is 207 Å². The van der Waals surface area contributed by atoms with Crippen molar-refractivity contribution in [1.29, 1.82) is 10.8 Å². The molecule has 2 aromatic heterocycles. The molecule has 0 bridgehead atoms. The lowest BCUT2D eigenvalue weighted by molar-refractivity contribution is -0.0660. The van der Waals surface area contributed by atoms with Crippen LogP contribution in [0.5, 0.6) is 0 Å². The number of anilines is 4. The van der Waals surface area contributed by atoms with Gasteiger partial charge in [0, 0.05) is 44.7 Å². The maximum atomic E-state index is 7.87. The van der Waals surface area contributed by atoms with Crippen LogP contribution in [0.3, 0.4) is 0 Å². The highest BCUT2D eigenvalue weighted by atomic mass is 35.5. The number of rotatable bonds is 8. The van der Waals surface area contributed by atoms with Gasteiger partial charge in [0.25, 0.3) is 0 Å². The number of benzene rings is 1. The summed E-state index contributed by atoms with van der Waals surface area (Å²) in [5, 5.41) is 27.4. The molecule has 0 radical (unpaired) electrons. The van der Waals surface area contributed by atoms with E-state index in [0.717, 1.165) is 63.5 Å². The normalized spacial score (nSPS) is 18.9. The number of piperazine rings is 1. The van der Waals surface area contributed by atoms with E-state index < -0.39 is 0 Å². The predicted octanol–water partition coefficient (Wildman–Crippen LogP) is 2.61. The smallest absolute Gasteiger partial charge is 0.247 e. The molecule has 4 heterocycles. The van der Waals surface area contributed by atoms with Gasteiger partial charge >= 0.3 is 0 Å². The molecular weight excluding hydrogens is 468 g/mol. The Morgan fingerprint density at radius 2 is 1.89 bits per heavy atom. The van der Waals surface area contributed by atoms with Gasteiger partial charge in [-0.2, -0.15) is 4.98 Å². The summed E-state index contributed by atoms with van der Waals surface area (Å²) in [6.07, 6.45) is 6.33. The van der Waals surface area contributed by atoms with E-state index in [9.17, 15) is 0 Å². The molecule has 0 unspecified atom stereocenters. The van der Waals surface area contributed by atoms with E-state index in [1.54, 1.807) is 10.7 Å². The fourth-order valence-corrected chi connectivity index (χ4v) is 4.76. The molecule has 2 aliphatic heterocycles. The molecule has 3 aliphatic rings. The SMILES string of the molecule is N=Cc1cc(Nc2nc(NC3CC3)c3ncc(C=N)n3n2)c(Cl)c(N2CCN(C3COC3)CC2)c1. The van der Waals surface area contributed by atoms with Gasteiger partial charge in [0.15, 0.2) is 11.5 Å². The van der Waals surface area contributed by atoms with Crippen LogP contribution >= 0.6 is 11.6 Å². The average molecular weight is 495 g/mol. The number of halogens is 1. The maximum absolute atomic E-state index is 7.87. The van der Waals surface area contributed by atoms with Gasteiger partial charge in [-0.3, -0.25) is 4.90 Å². The van der Waals surface area contributed by atoms with E-state index in [4.69, 9.17) is 27.2 Å². The van der Waals surface area contributed by atoms with Gasteiger partial charge < -0.3 is 31.1 Å². The van der Waals surface area contributed by atoms with Gasteiger partial charge in [-0.05, 0) is 30.5 Å². The zero-order valence-corrected chi connectivity index (χ0v) is 19.9. The quantitative estimate of drug-likeness (QED) is 0.351. The topological polar surface area (TPSA) is 131 Å². The highest BCUT2D eigenvalue weighted by molar-refractivity contribution is 6.36. The van der Waals surface area contributed by atoms with Crippen LogP contribution in [0.25, 0.3) is 5.65 Å². The number of hydrogen-bond acceptors (Lipinski definition) is 10. The largest absolute Gasteiger partial charge is 0.378 e. The minimum absolute atomic E-state index is 0.339. The highest BCUT2D eigenvalue weighted by Crippen LogP contribution is 2.36. The molecule has 3 fully saturated rings. The van der Waals surface area contributed by atoms with Crippen molar-refractivity contribution in [3.05, 3.63) is 34.6 Å². The number of fused-ring (bicyclic) bond motifs is 1. The summed E-state index contributed by atoms with van der Waals surface area (Å²) >= 11 is 6.91. The van der Waals surface area contributed by atoms with Crippen molar-refractivity contribution < 1.29 is 4.74 Å². The summed E-state index contributed by atoms with van der Waals surface area (Å²) in [7, 11) is 0. The summed E-state index contributed by atoms with van der Waals surface area (Å²) in [5.41, 5.74) is 3.39. The molecule has 3 aromatic rings. The Kier molecular flexibility index (Phi) is 5.75. The minimum Gasteiger partial charge on any atom is -0.378 e. The van der Waals surface area contributed by atoms with Crippen LogP contribution in [-0.2, 0) is 4.74 Å². The van der Waals surface area contributed by atoms with Gasteiger partial charge in [0.05, 0.1) is 41.8 Å². The lowest BCUT2D eigenvalue weighted by Gasteiger charge is -2.43. The van der Waals surface area contributed by atoms with Gasteiger partial charge in [-0.15, -0.1) is 5.10 Å². The molecule has 1 aromatic carbocycles. The first kappa shape index (κ1) is 22.2. The lowest BCUT2D eigenvalue weighted by Crippen LogP contribution is -2.56. The Morgan fingerprint density at radius 3 is 2.54 bits per heavy atom. The zero-order valence-electron chi connectivity index (χ0n) is 19.2.